The fourth-order valence-corrected chi connectivity index (χ4v) is 2.29. The van der Waals surface area contributed by atoms with Gasteiger partial charge in [0, 0.05) is 5.02 Å². The third kappa shape index (κ3) is 3.87. The molecule has 0 nitrogen and oxygen atoms in total. The Kier molecular flexibility index (Phi) is 7.98. The molecule has 0 saturated carbocycles. The summed E-state index contributed by atoms with van der Waals surface area (Å²) in [4.78, 5) is 0. The number of aryl methyl sites for hydroxylation is 1. The van der Waals surface area contributed by atoms with Crippen molar-refractivity contribution in [2.75, 3.05) is 0 Å². The van der Waals surface area contributed by atoms with Gasteiger partial charge in [0.05, 0.1) is 0 Å². The van der Waals surface area contributed by atoms with E-state index in [1.54, 1.807) is 0 Å². The number of hydrogen-bond donors (Lipinski definition) is 0. The Morgan fingerprint density at radius 2 is 1.47 bits per heavy atom. The van der Waals surface area contributed by atoms with Crippen LogP contribution in [0.2, 0.25) is 5.02 Å². The van der Waals surface area contributed by atoms with Crippen LogP contribution >= 0.6 is 11.6 Å². The van der Waals surface area contributed by atoms with Crippen LogP contribution in [0.1, 0.15) is 5.56 Å². The Balaban J connectivity index is 0.000000722. The fourth-order valence-electron chi connectivity index (χ4n) is 2.11. The zero-order chi connectivity index (χ0) is 10.4. The van der Waals surface area contributed by atoms with Crippen LogP contribution in [0.4, 0.5) is 0 Å². The van der Waals surface area contributed by atoms with Gasteiger partial charge >= 0.3 is 138 Å². The van der Waals surface area contributed by atoms with Crippen molar-refractivity contribution in [3.63, 3.8) is 0 Å². The first-order valence-corrected chi connectivity index (χ1v) is 5.37. The van der Waals surface area contributed by atoms with Crippen molar-refractivity contribution in [3.05, 3.63) is 53.1 Å². The van der Waals surface area contributed by atoms with Gasteiger partial charge in [0.2, 0.25) is 0 Å². The van der Waals surface area contributed by atoms with Crippen LogP contribution in [-0.2, 0) is 0 Å². The Hall–Kier alpha value is 2.70. The number of rotatable bonds is 0. The van der Waals surface area contributed by atoms with E-state index in [0.29, 0.717) is 0 Å². The van der Waals surface area contributed by atoms with Gasteiger partial charge in [-0.15, -0.1) is 39.7 Å². The van der Waals surface area contributed by atoms with Crippen LogP contribution in [0, 0.1) is 6.92 Å². The molecule has 0 aliphatic rings. The molecule has 0 aromatic heterocycles. The van der Waals surface area contributed by atoms with E-state index in [1.165, 1.54) is 27.1 Å². The molecule has 3 aromatic rings. The summed E-state index contributed by atoms with van der Waals surface area (Å²) >= 11 is 5.98. The first-order valence-electron chi connectivity index (χ1n) is 4.99. The molecule has 0 unspecified atom stereocenters. The van der Waals surface area contributed by atoms with E-state index in [1.807, 2.05) is 12.1 Å². The van der Waals surface area contributed by atoms with Gasteiger partial charge in [0.25, 0.3) is 0 Å². The SMILES string of the molecule is Cc1ccc2c(c1)[cH-]c1cc(Cl)ccc12.[Cs+].[Cs+]. The van der Waals surface area contributed by atoms with Gasteiger partial charge < -0.3 is 0 Å². The van der Waals surface area contributed by atoms with E-state index in [9.17, 15) is 0 Å². The number of benzene rings is 2. The molecule has 0 amide bonds. The molecule has 0 N–H and O–H groups in total. The summed E-state index contributed by atoms with van der Waals surface area (Å²) in [5, 5.41) is 5.92. The molecule has 0 spiro atoms. The summed E-state index contributed by atoms with van der Waals surface area (Å²) in [6, 6.07) is 14.8. The zero-order valence-electron chi connectivity index (χ0n) is 10.4. The first kappa shape index (κ1) is 17.8. The van der Waals surface area contributed by atoms with E-state index in [2.05, 4.69) is 37.3 Å². The van der Waals surface area contributed by atoms with Crippen LogP contribution in [0.25, 0.3) is 21.5 Å². The van der Waals surface area contributed by atoms with E-state index in [4.69, 9.17) is 11.6 Å². The Morgan fingerprint density at radius 3 is 2.18 bits per heavy atom. The van der Waals surface area contributed by atoms with Crippen LogP contribution in [0.5, 0.6) is 0 Å². The summed E-state index contributed by atoms with van der Waals surface area (Å²) in [5.74, 6) is 0. The van der Waals surface area contributed by atoms with Crippen molar-refractivity contribution < 1.29 is 138 Å². The Bertz CT molecular complexity index is 599. The van der Waals surface area contributed by atoms with Crippen LogP contribution in [-0.4, -0.2) is 0 Å². The zero-order valence-corrected chi connectivity index (χ0v) is 23.7. The molecular weight excluding hydrogens is 469 g/mol. The second-order valence-corrected chi connectivity index (χ2v) is 4.40. The quantitative estimate of drug-likeness (QED) is 0.351. The van der Waals surface area contributed by atoms with Crippen LogP contribution in [0.3, 0.4) is 0 Å². The molecule has 0 aliphatic carbocycles. The molecule has 3 rings (SSSR count). The normalized spacial score (nSPS) is 10.0. The Labute approximate surface area is 224 Å². The van der Waals surface area contributed by atoms with Crippen molar-refractivity contribution in [1.82, 2.24) is 0 Å². The minimum atomic E-state index is 0. The number of hydrogen-bond acceptors (Lipinski definition) is 0. The minimum absolute atomic E-state index is 0. The maximum absolute atomic E-state index is 5.98. The molecule has 0 atom stereocenters. The molecule has 3 aromatic carbocycles. The molecule has 74 valence electrons. The molecule has 0 aliphatic heterocycles. The van der Waals surface area contributed by atoms with Crippen molar-refractivity contribution in [2.24, 2.45) is 0 Å². The van der Waals surface area contributed by atoms with Gasteiger partial charge in [0.1, 0.15) is 0 Å². The third-order valence-corrected chi connectivity index (χ3v) is 3.06. The smallest absolute Gasteiger partial charge is 0.126 e. The summed E-state index contributed by atoms with van der Waals surface area (Å²) in [6.07, 6.45) is 0. The largest absolute Gasteiger partial charge is 1.00 e. The van der Waals surface area contributed by atoms with Crippen LogP contribution < -0.4 is 138 Å². The van der Waals surface area contributed by atoms with Crippen molar-refractivity contribution in [3.8, 4) is 0 Å². The fraction of sp³-hybridized carbons (Fsp3) is 0.0714. The van der Waals surface area contributed by atoms with Gasteiger partial charge in [-0.3, -0.25) is 0 Å². The van der Waals surface area contributed by atoms with Gasteiger partial charge in [-0.05, 0) is 6.92 Å². The minimum Gasteiger partial charge on any atom is -0.126 e. The van der Waals surface area contributed by atoms with Crippen molar-refractivity contribution in [2.45, 2.75) is 6.92 Å². The second-order valence-electron chi connectivity index (χ2n) is 3.97. The summed E-state index contributed by atoms with van der Waals surface area (Å²) in [6.45, 7) is 2.12. The van der Waals surface area contributed by atoms with Crippen molar-refractivity contribution >= 4 is 33.1 Å². The van der Waals surface area contributed by atoms with Crippen LogP contribution in [0.15, 0.2) is 42.5 Å². The topological polar surface area (TPSA) is 0 Å². The van der Waals surface area contributed by atoms with E-state index < -0.39 is 0 Å². The van der Waals surface area contributed by atoms with E-state index in [-0.39, 0.29) is 138 Å². The predicted octanol–water partition coefficient (Wildman–Crippen LogP) is -1.32. The summed E-state index contributed by atoms with van der Waals surface area (Å²) < 4.78 is 0. The van der Waals surface area contributed by atoms with E-state index >= 15 is 0 Å². The third-order valence-electron chi connectivity index (χ3n) is 2.82. The molecule has 3 heteroatoms. The summed E-state index contributed by atoms with van der Waals surface area (Å²) in [5.41, 5.74) is 1.30. The van der Waals surface area contributed by atoms with Gasteiger partial charge in [-0.1, -0.05) is 41.4 Å². The number of halogens is 1. The Morgan fingerprint density at radius 1 is 0.882 bits per heavy atom. The van der Waals surface area contributed by atoms with Crippen molar-refractivity contribution in [1.29, 1.82) is 0 Å². The average Bonchev–Trinajstić information content (AvgIpc) is 2.53. The molecule has 0 bridgehead atoms. The monoisotopic (exact) mass is 479 g/mol. The summed E-state index contributed by atoms with van der Waals surface area (Å²) in [7, 11) is 0. The molecule has 0 radical (unpaired) electrons. The molecule has 17 heavy (non-hydrogen) atoms. The molecule has 0 fully saturated rings. The predicted molar refractivity (Wildman–Crippen MR) is 66.8 cm³/mol. The molecule has 0 heterocycles. The van der Waals surface area contributed by atoms with E-state index in [0.717, 1.165) is 5.02 Å². The number of fused-ring (bicyclic) bond motifs is 3. The second kappa shape index (κ2) is 7.64. The standard InChI is InChI=1S/C14H10Cl.2Cs/c1-9-2-4-13-10(6-9)7-11-8-12(15)3-5-14(11)13;;/h2-8H,1H3;;/q-1;2*+1. The molecule has 0 saturated heterocycles. The van der Waals surface area contributed by atoms with Gasteiger partial charge in [0.15, 0.2) is 0 Å². The maximum atomic E-state index is 5.98. The maximum Gasteiger partial charge on any atom is 1.00 e. The first-order chi connectivity index (χ1) is 7.24. The van der Waals surface area contributed by atoms with Gasteiger partial charge in [-0.2, -0.15) is 0 Å². The van der Waals surface area contributed by atoms with Gasteiger partial charge in [-0.25, -0.2) is 0 Å². The average molecular weight is 479 g/mol. The molecular formula is C14H10ClCs2+.